The standard InChI is InChI=1S/C11H20N4S/c1-7(2)5-10-14-15-11(16-10)13-9-4-3-8(12)6-9/h7-9H,3-6,12H2,1-2H3,(H,13,15). The second-order valence-corrected chi connectivity index (χ2v) is 6.08. The molecule has 0 spiro atoms. The molecule has 1 saturated carbocycles. The molecule has 1 aromatic heterocycles. The van der Waals surface area contributed by atoms with Crippen molar-refractivity contribution in [3.63, 3.8) is 0 Å². The van der Waals surface area contributed by atoms with E-state index >= 15 is 0 Å². The van der Waals surface area contributed by atoms with E-state index in [0.29, 0.717) is 18.0 Å². The van der Waals surface area contributed by atoms with Crippen LogP contribution in [0.3, 0.4) is 0 Å². The Morgan fingerprint density at radius 3 is 2.88 bits per heavy atom. The van der Waals surface area contributed by atoms with Gasteiger partial charge >= 0.3 is 0 Å². The maximum absolute atomic E-state index is 5.88. The first-order valence-corrected chi connectivity index (χ1v) is 6.79. The lowest BCUT2D eigenvalue weighted by Gasteiger charge is -2.09. The Labute approximate surface area is 101 Å². The van der Waals surface area contributed by atoms with Gasteiger partial charge in [0.25, 0.3) is 0 Å². The highest BCUT2D eigenvalue weighted by molar-refractivity contribution is 7.15. The Kier molecular flexibility index (Phi) is 3.76. The molecule has 0 aliphatic heterocycles. The second-order valence-electron chi connectivity index (χ2n) is 5.01. The molecule has 16 heavy (non-hydrogen) atoms. The Morgan fingerprint density at radius 2 is 2.25 bits per heavy atom. The molecule has 2 atom stereocenters. The molecule has 1 aliphatic rings. The molecule has 90 valence electrons. The van der Waals surface area contributed by atoms with Crippen molar-refractivity contribution in [1.29, 1.82) is 0 Å². The molecular formula is C11H20N4S. The number of anilines is 1. The molecule has 3 N–H and O–H groups in total. The Bertz CT molecular complexity index is 336. The topological polar surface area (TPSA) is 63.8 Å². The van der Waals surface area contributed by atoms with E-state index in [2.05, 4.69) is 29.4 Å². The lowest BCUT2D eigenvalue weighted by atomic mass is 10.1. The highest BCUT2D eigenvalue weighted by atomic mass is 32.1. The van der Waals surface area contributed by atoms with Crippen LogP contribution in [0.1, 0.15) is 38.1 Å². The van der Waals surface area contributed by atoms with Gasteiger partial charge in [0.15, 0.2) is 0 Å². The van der Waals surface area contributed by atoms with Crippen molar-refractivity contribution < 1.29 is 0 Å². The third kappa shape index (κ3) is 3.15. The van der Waals surface area contributed by atoms with Crippen LogP contribution in [0.15, 0.2) is 0 Å². The molecular weight excluding hydrogens is 220 g/mol. The van der Waals surface area contributed by atoms with Crippen molar-refractivity contribution >= 4 is 16.5 Å². The summed E-state index contributed by atoms with van der Waals surface area (Å²) in [5, 5.41) is 13.9. The van der Waals surface area contributed by atoms with E-state index in [1.54, 1.807) is 11.3 Å². The average molecular weight is 240 g/mol. The quantitative estimate of drug-likeness (QED) is 0.845. The summed E-state index contributed by atoms with van der Waals surface area (Å²) in [6.45, 7) is 4.40. The lowest BCUT2D eigenvalue weighted by Crippen LogP contribution is -2.20. The van der Waals surface area contributed by atoms with Gasteiger partial charge in [0.1, 0.15) is 5.01 Å². The van der Waals surface area contributed by atoms with Gasteiger partial charge < -0.3 is 11.1 Å². The van der Waals surface area contributed by atoms with Crippen molar-refractivity contribution in [2.45, 2.75) is 51.6 Å². The van der Waals surface area contributed by atoms with Gasteiger partial charge in [0.2, 0.25) is 5.13 Å². The zero-order valence-electron chi connectivity index (χ0n) is 9.94. The monoisotopic (exact) mass is 240 g/mol. The van der Waals surface area contributed by atoms with E-state index in [1.807, 2.05) is 0 Å². The molecule has 0 radical (unpaired) electrons. The fourth-order valence-electron chi connectivity index (χ4n) is 2.07. The number of nitrogens with zero attached hydrogens (tertiary/aromatic N) is 2. The minimum absolute atomic E-state index is 0.362. The first kappa shape index (κ1) is 11.8. The predicted octanol–water partition coefficient (Wildman–Crippen LogP) is 2.03. The van der Waals surface area contributed by atoms with Crippen LogP contribution in [0, 0.1) is 5.92 Å². The molecule has 4 nitrogen and oxygen atoms in total. The molecule has 0 bridgehead atoms. The average Bonchev–Trinajstić information content (AvgIpc) is 2.76. The van der Waals surface area contributed by atoms with Gasteiger partial charge in [0.05, 0.1) is 0 Å². The van der Waals surface area contributed by atoms with Crippen molar-refractivity contribution in [1.82, 2.24) is 10.2 Å². The van der Waals surface area contributed by atoms with Crippen LogP contribution in [0.4, 0.5) is 5.13 Å². The molecule has 0 amide bonds. The SMILES string of the molecule is CC(C)Cc1nnc(NC2CCC(N)C2)s1. The summed E-state index contributed by atoms with van der Waals surface area (Å²) >= 11 is 1.68. The van der Waals surface area contributed by atoms with E-state index in [0.717, 1.165) is 35.8 Å². The predicted molar refractivity (Wildman–Crippen MR) is 67.7 cm³/mol. The maximum Gasteiger partial charge on any atom is 0.205 e. The molecule has 0 saturated heterocycles. The van der Waals surface area contributed by atoms with Crippen LogP contribution >= 0.6 is 11.3 Å². The maximum atomic E-state index is 5.88. The molecule has 1 aliphatic carbocycles. The van der Waals surface area contributed by atoms with Gasteiger partial charge in [-0.05, 0) is 25.2 Å². The van der Waals surface area contributed by atoms with E-state index in [4.69, 9.17) is 5.73 Å². The number of hydrogen-bond acceptors (Lipinski definition) is 5. The van der Waals surface area contributed by atoms with Crippen LogP contribution in [-0.4, -0.2) is 22.3 Å². The van der Waals surface area contributed by atoms with Crippen molar-refractivity contribution in [2.75, 3.05) is 5.32 Å². The molecule has 1 heterocycles. The summed E-state index contributed by atoms with van der Waals surface area (Å²) in [6.07, 6.45) is 4.35. The number of hydrogen-bond donors (Lipinski definition) is 2. The minimum atomic E-state index is 0.362. The number of rotatable bonds is 4. The summed E-state index contributed by atoms with van der Waals surface area (Å²) in [4.78, 5) is 0. The van der Waals surface area contributed by atoms with E-state index in [9.17, 15) is 0 Å². The van der Waals surface area contributed by atoms with Crippen molar-refractivity contribution in [2.24, 2.45) is 11.7 Å². The normalized spacial score (nSPS) is 25.2. The first-order valence-electron chi connectivity index (χ1n) is 5.98. The van der Waals surface area contributed by atoms with Crippen LogP contribution < -0.4 is 11.1 Å². The highest BCUT2D eigenvalue weighted by Crippen LogP contribution is 2.24. The molecule has 2 rings (SSSR count). The molecule has 5 heteroatoms. The third-order valence-corrected chi connectivity index (χ3v) is 3.73. The van der Waals surface area contributed by atoms with E-state index in [1.165, 1.54) is 0 Å². The Morgan fingerprint density at radius 1 is 1.44 bits per heavy atom. The van der Waals surface area contributed by atoms with Crippen LogP contribution in [-0.2, 0) is 6.42 Å². The summed E-state index contributed by atoms with van der Waals surface area (Å²) in [5.74, 6) is 0.640. The first-order chi connectivity index (χ1) is 7.63. The fraction of sp³-hybridized carbons (Fsp3) is 0.818. The van der Waals surface area contributed by atoms with E-state index < -0.39 is 0 Å². The van der Waals surface area contributed by atoms with Crippen LogP contribution in [0.25, 0.3) is 0 Å². The summed E-state index contributed by atoms with van der Waals surface area (Å²) < 4.78 is 0. The lowest BCUT2D eigenvalue weighted by molar-refractivity contribution is 0.639. The highest BCUT2D eigenvalue weighted by Gasteiger charge is 2.22. The van der Waals surface area contributed by atoms with Gasteiger partial charge in [-0.15, -0.1) is 10.2 Å². The largest absolute Gasteiger partial charge is 0.357 e. The van der Waals surface area contributed by atoms with Crippen molar-refractivity contribution in [3.05, 3.63) is 5.01 Å². The smallest absolute Gasteiger partial charge is 0.205 e. The summed E-state index contributed by atoms with van der Waals surface area (Å²) in [7, 11) is 0. The minimum Gasteiger partial charge on any atom is -0.357 e. The van der Waals surface area contributed by atoms with E-state index in [-0.39, 0.29) is 0 Å². The van der Waals surface area contributed by atoms with Crippen molar-refractivity contribution in [3.8, 4) is 0 Å². The third-order valence-electron chi connectivity index (χ3n) is 2.85. The molecule has 0 aromatic carbocycles. The van der Waals surface area contributed by atoms with Crippen LogP contribution in [0.5, 0.6) is 0 Å². The van der Waals surface area contributed by atoms with Gasteiger partial charge in [-0.25, -0.2) is 0 Å². The molecule has 1 fully saturated rings. The zero-order chi connectivity index (χ0) is 11.5. The fourth-order valence-corrected chi connectivity index (χ4v) is 3.09. The van der Waals surface area contributed by atoms with Gasteiger partial charge in [0, 0.05) is 18.5 Å². The molecule has 2 unspecified atom stereocenters. The second kappa shape index (κ2) is 5.10. The van der Waals surface area contributed by atoms with Gasteiger partial charge in [-0.1, -0.05) is 25.2 Å². The van der Waals surface area contributed by atoms with Gasteiger partial charge in [-0.3, -0.25) is 0 Å². The Hall–Kier alpha value is -0.680. The summed E-state index contributed by atoms with van der Waals surface area (Å²) in [5.41, 5.74) is 5.88. The molecule has 1 aromatic rings. The summed E-state index contributed by atoms with van der Waals surface area (Å²) in [6, 6.07) is 0.857. The number of aromatic nitrogens is 2. The number of nitrogens with two attached hydrogens (primary N) is 1. The Balaban J connectivity index is 1.87. The van der Waals surface area contributed by atoms with Gasteiger partial charge in [-0.2, -0.15) is 0 Å². The van der Waals surface area contributed by atoms with Crippen LogP contribution in [0.2, 0.25) is 0 Å². The zero-order valence-corrected chi connectivity index (χ0v) is 10.8. The number of nitrogens with one attached hydrogen (secondary N) is 1.